The molecule has 2 rings (SSSR count). The van der Waals surface area contributed by atoms with E-state index in [-0.39, 0.29) is 6.10 Å². The van der Waals surface area contributed by atoms with Gasteiger partial charge in [-0.25, -0.2) is 0 Å². The molecule has 0 saturated carbocycles. The summed E-state index contributed by atoms with van der Waals surface area (Å²) >= 11 is 0. The molecule has 3 nitrogen and oxygen atoms in total. The Hall–Kier alpha value is -0.930. The smallest absolute Gasteiger partial charge is 0.0966 e. The molecule has 17 heavy (non-hydrogen) atoms. The minimum Gasteiger partial charge on any atom is -0.372 e. The molecule has 1 aliphatic rings. The van der Waals surface area contributed by atoms with Crippen molar-refractivity contribution in [3.8, 4) is 0 Å². The van der Waals surface area contributed by atoms with E-state index in [1.54, 1.807) is 0 Å². The highest BCUT2D eigenvalue weighted by Crippen LogP contribution is 2.15. The van der Waals surface area contributed by atoms with Crippen LogP contribution in [0.2, 0.25) is 0 Å². The van der Waals surface area contributed by atoms with Crippen molar-refractivity contribution < 1.29 is 4.74 Å². The van der Waals surface area contributed by atoms with Crippen LogP contribution in [0.5, 0.6) is 0 Å². The Labute approximate surface area is 104 Å². The van der Waals surface area contributed by atoms with E-state index in [1.807, 2.05) is 24.4 Å². The Bertz CT molecular complexity index is 309. The second kappa shape index (κ2) is 6.72. The fourth-order valence-corrected chi connectivity index (χ4v) is 2.26. The zero-order valence-electron chi connectivity index (χ0n) is 10.6. The van der Waals surface area contributed by atoms with Gasteiger partial charge in [0.15, 0.2) is 0 Å². The largest absolute Gasteiger partial charge is 0.372 e. The summed E-state index contributed by atoms with van der Waals surface area (Å²) in [5, 5.41) is 3.54. The monoisotopic (exact) mass is 234 g/mol. The minimum atomic E-state index is 0.0970. The highest BCUT2D eigenvalue weighted by atomic mass is 16.5. The number of aromatic nitrogens is 1. The van der Waals surface area contributed by atoms with Crippen LogP contribution in [-0.2, 0) is 4.74 Å². The third kappa shape index (κ3) is 4.10. The van der Waals surface area contributed by atoms with E-state index in [0.717, 1.165) is 18.7 Å². The summed E-state index contributed by atoms with van der Waals surface area (Å²) < 4.78 is 5.83. The van der Waals surface area contributed by atoms with Crippen LogP contribution in [0.15, 0.2) is 24.4 Å². The molecule has 0 bridgehead atoms. The predicted octanol–water partition coefficient (Wildman–Crippen LogP) is 2.69. The fraction of sp³-hybridized carbons (Fsp3) is 0.643. The van der Waals surface area contributed by atoms with Crippen LogP contribution in [0.25, 0.3) is 0 Å². The zero-order chi connectivity index (χ0) is 11.9. The van der Waals surface area contributed by atoms with Crippen molar-refractivity contribution in [2.75, 3.05) is 13.2 Å². The molecule has 2 heterocycles. The molecule has 0 spiro atoms. The quantitative estimate of drug-likeness (QED) is 0.850. The van der Waals surface area contributed by atoms with Crippen LogP contribution in [0.3, 0.4) is 0 Å². The second-order valence-electron chi connectivity index (χ2n) is 4.70. The summed E-state index contributed by atoms with van der Waals surface area (Å²) in [5.74, 6) is 0. The standard InChI is InChI=1S/C14H22N2O/c1-12(14-7-3-5-10-16-14)17-11-8-13-6-2-4-9-15-13/h3,5,7,10,12-13,15H,2,4,6,8-9,11H2,1H3/t12-,13-/m1/s1. The van der Waals surface area contributed by atoms with Crippen molar-refractivity contribution in [2.24, 2.45) is 0 Å². The van der Waals surface area contributed by atoms with Gasteiger partial charge in [-0.3, -0.25) is 4.98 Å². The van der Waals surface area contributed by atoms with Crippen molar-refractivity contribution in [1.82, 2.24) is 10.3 Å². The van der Waals surface area contributed by atoms with Crippen LogP contribution < -0.4 is 5.32 Å². The van der Waals surface area contributed by atoms with Crippen molar-refractivity contribution in [3.05, 3.63) is 30.1 Å². The van der Waals surface area contributed by atoms with E-state index in [4.69, 9.17) is 4.74 Å². The number of hydrogen-bond acceptors (Lipinski definition) is 3. The lowest BCUT2D eigenvalue weighted by Gasteiger charge is -2.24. The number of pyridine rings is 1. The van der Waals surface area contributed by atoms with Crippen molar-refractivity contribution in [3.63, 3.8) is 0 Å². The van der Waals surface area contributed by atoms with Crippen molar-refractivity contribution >= 4 is 0 Å². The summed E-state index contributed by atoms with van der Waals surface area (Å²) in [6.07, 6.45) is 6.99. The Morgan fingerprint density at radius 2 is 2.41 bits per heavy atom. The van der Waals surface area contributed by atoms with E-state index < -0.39 is 0 Å². The Kier molecular flexibility index (Phi) is 4.95. The van der Waals surface area contributed by atoms with Gasteiger partial charge < -0.3 is 10.1 Å². The van der Waals surface area contributed by atoms with Crippen LogP contribution in [0.1, 0.15) is 44.4 Å². The van der Waals surface area contributed by atoms with Crippen LogP contribution in [0, 0.1) is 0 Å². The first kappa shape index (κ1) is 12.5. The van der Waals surface area contributed by atoms with Gasteiger partial charge in [-0.15, -0.1) is 0 Å². The maximum absolute atomic E-state index is 5.83. The third-order valence-corrected chi connectivity index (χ3v) is 3.35. The van der Waals surface area contributed by atoms with E-state index >= 15 is 0 Å². The van der Waals surface area contributed by atoms with Gasteiger partial charge >= 0.3 is 0 Å². The Morgan fingerprint density at radius 3 is 3.12 bits per heavy atom. The van der Waals surface area contributed by atoms with Crippen molar-refractivity contribution in [1.29, 1.82) is 0 Å². The number of rotatable bonds is 5. The first-order valence-corrected chi connectivity index (χ1v) is 6.62. The average molecular weight is 234 g/mol. The first-order chi connectivity index (χ1) is 8.36. The van der Waals surface area contributed by atoms with Gasteiger partial charge in [0, 0.05) is 18.8 Å². The maximum atomic E-state index is 5.83. The fourth-order valence-electron chi connectivity index (χ4n) is 2.26. The number of nitrogens with zero attached hydrogens (tertiary/aromatic N) is 1. The lowest BCUT2D eigenvalue weighted by atomic mass is 10.0. The number of piperidine rings is 1. The number of hydrogen-bond donors (Lipinski definition) is 1. The van der Waals surface area contributed by atoms with E-state index in [1.165, 1.54) is 25.8 Å². The molecule has 0 aliphatic carbocycles. The molecule has 0 amide bonds. The molecule has 94 valence electrons. The Balaban J connectivity index is 1.67. The maximum Gasteiger partial charge on any atom is 0.0966 e. The van der Waals surface area contributed by atoms with Gasteiger partial charge in [0.1, 0.15) is 0 Å². The molecule has 0 aromatic carbocycles. The molecule has 3 heteroatoms. The van der Waals surface area contributed by atoms with Gasteiger partial charge in [0.2, 0.25) is 0 Å². The normalized spacial score (nSPS) is 22.3. The molecule has 1 saturated heterocycles. The van der Waals surface area contributed by atoms with Crippen molar-refractivity contribution in [2.45, 2.75) is 44.8 Å². The molecular formula is C14H22N2O. The highest BCUT2D eigenvalue weighted by molar-refractivity contribution is 5.05. The van der Waals surface area contributed by atoms with Gasteiger partial charge in [-0.1, -0.05) is 12.5 Å². The molecule has 1 aromatic heterocycles. The molecule has 2 atom stereocenters. The summed E-state index contributed by atoms with van der Waals surface area (Å²) in [5.41, 5.74) is 1.02. The van der Waals surface area contributed by atoms with Gasteiger partial charge in [-0.2, -0.15) is 0 Å². The number of ether oxygens (including phenoxy) is 1. The Morgan fingerprint density at radius 1 is 1.47 bits per heavy atom. The molecule has 1 aromatic rings. The SMILES string of the molecule is C[C@@H](OCC[C@H]1CCCCN1)c1ccccn1. The average Bonchev–Trinajstić information content (AvgIpc) is 2.41. The molecule has 0 unspecified atom stereocenters. The van der Waals surface area contributed by atoms with E-state index in [2.05, 4.69) is 17.2 Å². The third-order valence-electron chi connectivity index (χ3n) is 3.35. The molecule has 1 N–H and O–H groups in total. The topological polar surface area (TPSA) is 34.1 Å². The molecule has 1 aliphatic heterocycles. The van der Waals surface area contributed by atoms with Gasteiger partial charge in [-0.05, 0) is 44.9 Å². The lowest BCUT2D eigenvalue weighted by Crippen LogP contribution is -2.34. The van der Waals surface area contributed by atoms with Crippen LogP contribution >= 0.6 is 0 Å². The van der Waals surface area contributed by atoms with Crippen LogP contribution in [-0.4, -0.2) is 24.2 Å². The number of nitrogens with one attached hydrogen (secondary N) is 1. The predicted molar refractivity (Wildman–Crippen MR) is 68.9 cm³/mol. The molecule has 0 radical (unpaired) electrons. The van der Waals surface area contributed by atoms with Crippen LogP contribution in [0.4, 0.5) is 0 Å². The lowest BCUT2D eigenvalue weighted by molar-refractivity contribution is 0.0546. The van der Waals surface area contributed by atoms with E-state index in [0.29, 0.717) is 6.04 Å². The summed E-state index contributed by atoms with van der Waals surface area (Å²) in [6, 6.07) is 6.61. The summed E-state index contributed by atoms with van der Waals surface area (Å²) in [6.45, 7) is 4.05. The summed E-state index contributed by atoms with van der Waals surface area (Å²) in [4.78, 5) is 4.30. The minimum absolute atomic E-state index is 0.0970. The van der Waals surface area contributed by atoms with E-state index in [9.17, 15) is 0 Å². The van der Waals surface area contributed by atoms with Gasteiger partial charge in [0.25, 0.3) is 0 Å². The highest BCUT2D eigenvalue weighted by Gasteiger charge is 2.13. The first-order valence-electron chi connectivity index (χ1n) is 6.62. The molecular weight excluding hydrogens is 212 g/mol. The molecule has 1 fully saturated rings. The zero-order valence-corrected chi connectivity index (χ0v) is 10.6. The second-order valence-corrected chi connectivity index (χ2v) is 4.70. The van der Waals surface area contributed by atoms with Gasteiger partial charge in [0.05, 0.1) is 11.8 Å². The summed E-state index contributed by atoms with van der Waals surface area (Å²) in [7, 11) is 0.